The molecule has 2 heterocycles. The lowest BCUT2D eigenvalue weighted by Gasteiger charge is -2.36. The Morgan fingerprint density at radius 2 is 1.18 bits per heavy atom. The van der Waals surface area contributed by atoms with Gasteiger partial charge in [0.2, 0.25) is 0 Å². The number of carboxylic acid groups (broad SMARTS) is 1. The van der Waals surface area contributed by atoms with Crippen molar-refractivity contribution < 1.29 is 34.4 Å². The largest absolute Gasteiger partial charge is 0.508 e. The molecule has 0 saturated heterocycles. The molecule has 0 aliphatic rings. The summed E-state index contributed by atoms with van der Waals surface area (Å²) in [4.78, 5) is 37.4. The quantitative estimate of drug-likeness (QED) is 0.182. The van der Waals surface area contributed by atoms with Gasteiger partial charge in [0.15, 0.2) is 0 Å². The number of ether oxygens (including phenoxy) is 2. The molecule has 4 aromatic rings. The number of pyridine rings is 2. The van der Waals surface area contributed by atoms with Crippen LogP contribution in [0, 0.1) is 0 Å². The minimum absolute atomic E-state index is 0.00920. The number of methoxy groups -OCH3 is 2. The zero-order valence-corrected chi connectivity index (χ0v) is 24.8. The van der Waals surface area contributed by atoms with Crippen LogP contribution >= 0.6 is 0 Å². The number of aliphatic carboxylic acids is 1. The van der Waals surface area contributed by atoms with E-state index in [1.54, 1.807) is 71.9 Å². The van der Waals surface area contributed by atoms with Gasteiger partial charge in [-0.2, -0.15) is 0 Å². The number of phenols is 2. The van der Waals surface area contributed by atoms with Crippen LogP contribution in [0.4, 0.5) is 0 Å². The van der Waals surface area contributed by atoms with Gasteiger partial charge in [0.05, 0.1) is 50.8 Å². The van der Waals surface area contributed by atoms with Crippen LogP contribution in [0.5, 0.6) is 23.0 Å². The van der Waals surface area contributed by atoms with E-state index >= 15 is 0 Å². The van der Waals surface area contributed by atoms with Crippen LogP contribution in [0.15, 0.2) is 85.2 Å². The molecule has 0 aliphatic heterocycles. The average molecular weight is 601 g/mol. The van der Waals surface area contributed by atoms with Gasteiger partial charge in [-0.05, 0) is 67.6 Å². The van der Waals surface area contributed by atoms with Crippen LogP contribution in [-0.4, -0.2) is 87.2 Å². The Morgan fingerprint density at radius 1 is 0.727 bits per heavy atom. The molecule has 4 rings (SSSR count). The number of Topliss-reactive ketones (excluding diaryl/α,β-unsaturated/α-hetero) is 1. The number of hydrogen-bond acceptors (Lipinski definition) is 10. The van der Waals surface area contributed by atoms with E-state index in [9.17, 15) is 24.9 Å². The van der Waals surface area contributed by atoms with Crippen molar-refractivity contribution in [1.82, 2.24) is 19.8 Å². The predicted molar refractivity (Wildman–Crippen MR) is 163 cm³/mol. The number of ketones is 1. The van der Waals surface area contributed by atoms with Crippen molar-refractivity contribution in [2.24, 2.45) is 0 Å². The lowest BCUT2D eigenvalue weighted by molar-refractivity contribution is -0.139. The number of hydrogen-bond donors (Lipinski definition) is 3. The predicted octanol–water partition coefficient (Wildman–Crippen LogP) is 4.06. The Kier molecular flexibility index (Phi) is 10.8. The molecule has 2 atom stereocenters. The fraction of sp³-hybridized carbons (Fsp3) is 0.273. The Balaban J connectivity index is 1.81. The standard InChI is InChI=1S/C33H36N4O7/c1-22(38)20-36(32(27-8-4-6-14-34-27)25-18-23(43-2)10-12-29(25)39)16-17-37(21-31(41)42)33(28-9-5-7-15-35-28)26-19-24(44-3)11-13-30(26)40/h4-15,18-19,32-33,39-40H,16-17,20-21H2,1-3H3,(H,41,42). The molecule has 2 aromatic carbocycles. The van der Waals surface area contributed by atoms with Gasteiger partial charge >= 0.3 is 5.97 Å². The third-order valence-corrected chi connectivity index (χ3v) is 7.16. The minimum atomic E-state index is -1.09. The Bertz CT molecular complexity index is 1440. The van der Waals surface area contributed by atoms with Gasteiger partial charge in [-0.3, -0.25) is 29.4 Å². The minimum Gasteiger partial charge on any atom is -0.508 e. The van der Waals surface area contributed by atoms with Gasteiger partial charge < -0.3 is 24.8 Å². The number of phenolic OH excluding ortho intramolecular Hbond substituents is 2. The molecule has 230 valence electrons. The maximum absolute atomic E-state index is 12.6. The van der Waals surface area contributed by atoms with Gasteiger partial charge in [-0.1, -0.05) is 12.1 Å². The average Bonchev–Trinajstić information content (AvgIpc) is 3.02. The topological polar surface area (TPSA) is 146 Å². The van der Waals surface area contributed by atoms with E-state index in [2.05, 4.69) is 9.97 Å². The molecule has 44 heavy (non-hydrogen) atoms. The fourth-order valence-corrected chi connectivity index (χ4v) is 5.23. The first-order valence-corrected chi connectivity index (χ1v) is 14.0. The molecule has 0 fully saturated rings. The lowest BCUT2D eigenvalue weighted by atomic mass is 9.98. The fourth-order valence-electron chi connectivity index (χ4n) is 5.23. The number of benzene rings is 2. The van der Waals surface area contributed by atoms with Crippen molar-refractivity contribution in [3.8, 4) is 23.0 Å². The van der Waals surface area contributed by atoms with Crippen LogP contribution in [0.2, 0.25) is 0 Å². The van der Waals surface area contributed by atoms with Gasteiger partial charge in [0, 0.05) is 36.6 Å². The van der Waals surface area contributed by atoms with Crippen LogP contribution in [-0.2, 0) is 9.59 Å². The van der Waals surface area contributed by atoms with E-state index in [-0.39, 0.29) is 36.9 Å². The smallest absolute Gasteiger partial charge is 0.317 e. The van der Waals surface area contributed by atoms with Crippen LogP contribution in [0.3, 0.4) is 0 Å². The number of rotatable bonds is 15. The number of carbonyl (C=O) groups is 2. The molecule has 0 spiro atoms. The van der Waals surface area contributed by atoms with E-state index in [4.69, 9.17) is 9.47 Å². The summed E-state index contributed by atoms with van der Waals surface area (Å²) in [7, 11) is 3.03. The maximum atomic E-state index is 12.6. The Labute approximate surface area is 256 Å². The highest BCUT2D eigenvalue weighted by molar-refractivity contribution is 5.77. The van der Waals surface area contributed by atoms with E-state index in [1.165, 1.54) is 33.3 Å². The SMILES string of the molecule is COc1ccc(O)c(C(c2ccccn2)N(CCN(CC(=O)O)C(c2ccccn2)c2cc(OC)ccc2O)CC(C)=O)c1. The molecule has 0 radical (unpaired) electrons. The molecule has 11 nitrogen and oxygen atoms in total. The van der Waals surface area contributed by atoms with Crippen LogP contribution in [0.1, 0.15) is 41.5 Å². The van der Waals surface area contributed by atoms with Crippen molar-refractivity contribution >= 4 is 11.8 Å². The van der Waals surface area contributed by atoms with E-state index in [0.29, 0.717) is 34.0 Å². The number of carboxylic acids is 1. The van der Waals surface area contributed by atoms with E-state index in [0.717, 1.165) is 0 Å². The van der Waals surface area contributed by atoms with Crippen molar-refractivity contribution in [3.63, 3.8) is 0 Å². The molecule has 0 aliphatic carbocycles. The first-order chi connectivity index (χ1) is 21.2. The van der Waals surface area contributed by atoms with Gasteiger partial charge in [-0.25, -0.2) is 0 Å². The zero-order chi connectivity index (χ0) is 31.6. The van der Waals surface area contributed by atoms with E-state index < -0.39 is 24.6 Å². The summed E-state index contributed by atoms with van der Waals surface area (Å²) in [6.45, 7) is 1.36. The molecular weight excluding hydrogens is 564 g/mol. The monoisotopic (exact) mass is 600 g/mol. The summed E-state index contributed by atoms with van der Waals surface area (Å²) in [6, 6.07) is 18.8. The summed E-state index contributed by atoms with van der Waals surface area (Å²) >= 11 is 0. The van der Waals surface area contributed by atoms with E-state index in [1.807, 2.05) is 11.0 Å². The third kappa shape index (κ3) is 7.88. The highest BCUT2D eigenvalue weighted by Gasteiger charge is 2.32. The lowest BCUT2D eigenvalue weighted by Crippen LogP contribution is -2.43. The highest BCUT2D eigenvalue weighted by atomic mass is 16.5. The molecule has 0 bridgehead atoms. The summed E-state index contributed by atoms with van der Waals surface area (Å²) < 4.78 is 10.8. The molecule has 3 N–H and O–H groups in total. The molecule has 2 aromatic heterocycles. The summed E-state index contributed by atoms with van der Waals surface area (Å²) in [6.07, 6.45) is 3.23. The summed E-state index contributed by atoms with van der Waals surface area (Å²) in [5.41, 5.74) is 1.98. The number of aromatic nitrogens is 2. The van der Waals surface area contributed by atoms with Gasteiger partial charge in [0.1, 0.15) is 28.8 Å². The molecular formula is C33H36N4O7. The van der Waals surface area contributed by atoms with Gasteiger partial charge in [0.25, 0.3) is 0 Å². The molecule has 2 unspecified atom stereocenters. The number of carbonyl (C=O) groups excluding carboxylic acids is 1. The second-order valence-corrected chi connectivity index (χ2v) is 10.2. The summed E-state index contributed by atoms with van der Waals surface area (Å²) in [5.74, 6) is -0.285. The van der Waals surface area contributed by atoms with Crippen molar-refractivity contribution in [2.45, 2.75) is 19.0 Å². The van der Waals surface area contributed by atoms with Gasteiger partial charge in [-0.15, -0.1) is 0 Å². The maximum Gasteiger partial charge on any atom is 0.317 e. The highest BCUT2D eigenvalue weighted by Crippen LogP contribution is 2.38. The first-order valence-electron chi connectivity index (χ1n) is 14.0. The first kappa shape index (κ1) is 31.9. The van der Waals surface area contributed by atoms with Crippen LogP contribution < -0.4 is 9.47 Å². The second-order valence-electron chi connectivity index (χ2n) is 10.2. The molecule has 0 saturated carbocycles. The van der Waals surface area contributed by atoms with Crippen molar-refractivity contribution in [1.29, 1.82) is 0 Å². The van der Waals surface area contributed by atoms with Crippen molar-refractivity contribution in [3.05, 3.63) is 108 Å². The third-order valence-electron chi connectivity index (χ3n) is 7.16. The van der Waals surface area contributed by atoms with Crippen LogP contribution in [0.25, 0.3) is 0 Å². The van der Waals surface area contributed by atoms with Crippen molar-refractivity contribution in [2.75, 3.05) is 40.4 Å². The number of nitrogens with zero attached hydrogens (tertiary/aromatic N) is 4. The Morgan fingerprint density at radius 3 is 1.55 bits per heavy atom. The Hall–Kier alpha value is -5.00. The second kappa shape index (κ2) is 14.9. The number of aromatic hydroxyl groups is 2. The summed E-state index contributed by atoms with van der Waals surface area (Å²) in [5, 5.41) is 31.9. The molecule has 0 amide bonds. The normalized spacial score (nSPS) is 12.6. The zero-order valence-electron chi connectivity index (χ0n) is 24.8. The molecule has 11 heteroatoms.